The first-order valence-electron chi connectivity index (χ1n) is 6.70. The second-order valence-electron chi connectivity index (χ2n) is 5.40. The first-order valence-corrected chi connectivity index (χ1v) is 6.70. The minimum absolute atomic E-state index is 0.0323. The number of hydrogen-bond donors (Lipinski definition) is 0. The molecule has 3 rings (SSSR count). The summed E-state index contributed by atoms with van der Waals surface area (Å²) < 4.78 is 3.70. The molecule has 0 radical (unpaired) electrons. The number of pyridine rings is 1. The number of hydrogen-bond acceptors (Lipinski definition) is 3. The van der Waals surface area contributed by atoms with Gasteiger partial charge in [-0.25, -0.2) is 4.98 Å². The molecule has 3 aromatic rings. The van der Waals surface area contributed by atoms with Crippen molar-refractivity contribution in [2.75, 3.05) is 20.6 Å². The number of fused-ring (bicyclic) bond motifs is 3. The van der Waals surface area contributed by atoms with Gasteiger partial charge >= 0.3 is 0 Å². The lowest BCUT2D eigenvalue weighted by Gasteiger charge is -2.21. The van der Waals surface area contributed by atoms with Gasteiger partial charge in [-0.15, -0.1) is 0 Å². The fourth-order valence-corrected chi connectivity index (χ4v) is 2.78. The van der Waals surface area contributed by atoms with E-state index in [1.54, 1.807) is 6.20 Å². The van der Waals surface area contributed by atoms with Crippen LogP contribution in [0.3, 0.4) is 0 Å². The van der Waals surface area contributed by atoms with Crippen LogP contribution >= 0.6 is 0 Å². The van der Waals surface area contributed by atoms with Crippen LogP contribution in [-0.2, 0) is 0 Å². The summed E-state index contributed by atoms with van der Waals surface area (Å²) >= 11 is 0. The summed E-state index contributed by atoms with van der Waals surface area (Å²) in [7, 11) is 4.02. The zero-order chi connectivity index (χ0) is 14.3. The lowest BCUT2D eigenvalue weighted by Crippen LogP contribution is -2.31. The highest BCUT2D eigenvalue weighted by molar-refractivity contribution is 5.75. The molecule has 0 fully saturated rings. The molecule has 0 saturated heterocycles. The van der Waals surface area contributed by atoms with Crippen molar-refractivity contribution in [1.82, 2.24) is 18.9 Å². The van der Waals surface area contributed by atoms with E-state index in [0.717, 1.165) is 17.7 Å². The smallest absolute Gasteiger partial charge is 0.275 e. The van der Waals surface area contributed by atoms with Gasteiger partial charge in [0.25, 0.3) is 5.56 Å². The average Bonchev–Trinajstić information content (AvgIpc) is 2.88. The van der Waals surface area contributed by atoms with E-state index in [4.69, 9.17) is 0 Å². The summed E-state index contributed by atoms with van der Waals surface area (Å²) in [6.07, 6.45) is 3.64. The molecular weight excluding hydrogens is 252 g/mol. The molecule has 1 atom stereocenters. The second kappa shape index (κ2) is 4.76. The van der Waals surface area contributed by atoms with Crippen molar-refractivity contribution >= 4 is 16.7 Å². The van der Waals surface area contributed by atoms with Gasteiger partial charge in [0.2, 0.25) is 0 Å². The fraction of sp³-hybridized carbons (Fsp3) is 0.333. The van der Waals surface area contributed by atoms with E-state index in [9.17, 15) is 4.79 Å². The highest BCUT2D eigenvalue weighted by Crippen LogP contribution is 2.16. The van der Waals surface area contributed by atoms with Gasteiger partial charge in [-0.3, -0.25) is 13.8 Å². The third kappa shape index (κ3) is 1.91. The maximum atomic E-state index is 12.7. The molecule has 0 aliphatic heterocycles. The van der Waals surface area contributed by atoms with Gasteiger partial charge in [0.15, 0.2) is 5.65 Å². The average molecular weight is 270 g/mol. The summed E-state index contributed by atoms with van der Waals surface area (Å²) in [4.78, 5) is 19.2. The molecule has 5 nitrogen and oxygen atoms in total. The molecule has 0 spiro atoms. The molecule has 5 heteroatoms. The first-order chi connectivity index (χ1) is 9.59. The van der Waals surface area contributed by atoms with E-state index in [1.165, 1.54) is 0 Å². The van der Waals surface area contributed by atoms with Crippen molar-refractivity contribution in [3.8, 4) is 0 Å². The normalized spacial score (nSPS) is 13.4. The summed E-state index contributed by atoms with van der Waals surface area (Å²) in [6.45, 7) is 2.87. The number of nitrogens with zero attached hydrogens (tertiary/aromatic N) is 4. The molecule has 0 N–H and O–H groups in total. The Morgan fingerprint density at radius 2 is 2.00 bits per heavy atom. The summed E-state index contributed by atoms with van der Waals surface area (Å²) in [5.41, 5.74) is 2.39. The highest BCUT2D eigenvalue weighted by atomic mass is 16.1. The van der Waals surface area contributed by atoms with E-state index in [2.05, 4.69) is 16.8 Å². The summed E-state index contributed by atoms with van der Waals surface area (Å²) in [6, 6.07) is 7.64. The molecule has 1 unspecified atom stereocenters. The monoisotopic (exact) mass is 270 g/mol. The molecule has 0 amide bonds. The zero-order valence-corrected chi connectivity index (χ0v) is 11.9. The molecule has 0 aliphatic carbocycles. The van der Waals surface area contributed by atoms with Crippen LogP contribution in [0.4, 0.5) is 0 Å². The molecular formula is C15H18N4O. The Kier molecular flexibility index (Phi) is 3.06. The van der Waals surface area contributed by atoms with E-state index in [-0.39, 0.29) is 11.6 Å². The van der Waals surface area contributed by atoms with Crippen LogP contribution in [0.2, 0.25) is 0 Å². The van der Waals surface area contributed by atoms with Crippen LogP contribution in [0.5, 0.6) is 0 Å². The van der Waals surface area contributed by atoms with Crippen LogP contribution in [0.25, 0.3) is 16.7 Å². The van der Waals surface area contributed by atoms with E-state index in [1.807, 2.05) is 53.5 Å². The lowest BCUT2D eigenvalue weighted by atomic mass is 10.2. The van der Waals surface area contributed by atoms with Gasteiger partial charge < -0.3 is 4.90 Å². The standard InChI is InChI=1S/C15H18N4O/c1-11(10-17(2)3)19-12-6-4-8-16-14(12)18-9-5-7-13(18)15(19)20/h4-9,11H,10H2,1-3H3. The van der Waals surface area contributed by atoms with E-state index in [0.29, 0.717) is 5.52 Å². The molecule has 3 heterocycles. The minimum atomic E-state index is 0.0323. The van der Waals surface area contributed by atoms with Gasteiger partial charge in [-0.05, 0) is 45.3 Å². The van der Waals surface area contributed by atoms with Crippen molar-refractivity contribution in [3.05, 3.63) is 47.0 Å². The lowest BCUT2D eigenvalue weighted by molar-refractivity contribution is 0.337. The van der Waals surface area contributed by atoms with Gasteiger partial charge in [0.05, 0.1) is 5.52 Å². The Morgan fingerprint density at radius 3 is 2.75 bits per heavy atom. The van der Waals surface area contributed by atoms with Crippen LogP contribution in [-0.4, -0.2) is 39.5 Å². The third-order valence-corrected chi connectivity index (χ3v) is 3.51. The number of likely N-dealkylation sites (N-methyl/N-ethyl adjacent to an activating group) is 1. The van der Waals surface area contributed by atoms with Crippen LogP contribution < -0.4 is 5.56 Å². The molecule has 0 aliphatic rings. The van der Waals surface area contributed by atoms with Crippen LogP contribution in [0.15, 0.2) is 41.5 Å². The van der Waals surface area contributed by atoms with Gasteiger partial charge in [-0.1, -0.05) is 0 Å². The molecule has 3 aromatic heterocycles. The van der Waals surface area contributed by atoms with E-state index < -0.39 is 0 Å². The van der Waals surface area contributed by atoms with Crippen molar-refractivity contribution in [3.63, 3.8) is 0 Å². The summed E-state index contributed by atoms with van der Waals surface area (Å²) in [5, 5.41) is 0. The topological polar surface area (TPSA) is 42.5 Å². The Hall–Kier alpha value is -2.14. The van der Waals surface area contributed by atoms with Crippen molar-refractivity contribution in [2.45, 2.75) is 13.0 Å². The zero-order valence-electron chi connectivity index (χ0n) is 11.9. The SMILES string of the molecule is CC(CN(C)C)n1c(=O)c2cccn2c2ncccc21. The summed E-state index contributed by atoms with van der Waals surface area (Å²) in [5.74, 6) is 0. The maximum Gasteiger partial charge on any atom is 0.275 e. The minimum Gasteiger partial charge on any atom is -0.307 e. The molecule has 0 saturated carbocycles. The molecule has 0 aromatic carbocycles. The Labute approximate surface area is 117 Å². The second-order valence-corrected chi connectivity index (χ2v) is 5.40. The Bertz CT molecular complexity index is 815. The largest absolute Gasteiger partial charge is 0.307 e. The van der Waals surface area contributed by atoms with E-state index >= 15 is 0 Å². The van der Waals surface area contributed by atoms with Gasteiger partial charge in [0, 0.05) is 25.0 Å². The van der Waals surface area contributed by atoms with Gasteiger partial charge in [-0.2, -0.15) is 0 Å². The predicted molar refractivity (Wildman–Crippen MR) is 80.2 cm³/mol. The van der Waals surface area contributed by atoms with Crippen molar-refractivity contribution < 1.29 is 0 Å². The Morgan fingerprint density at radius 1 is 1.25 bits per heavy atom. The molecule has 20 heavy (non-hydrogen) atoms. The molecule has 0 bridgehead atoms. The number of rotatable bonds is 3. The fourth-order valence-electron chi connectivity index (χ4n) is 2.78. The number of aromatic nitrogens is 3. The highest BCUT2D eigenvalue weighted by Gasteiger charge is 2.15. The van der Waals surface area contributed by atoms with Crippen LogP contribution in [0, 0.1) is 0 Å². The van der Waals surface area contributed by atoms with Crippen molar-refractivity contribution in [1.29, 1.82) is 0 Å². The van der Waals surface area contributed by atoms with Gasteiger partial charge in [0.1, 0.15) is 5.52 Å². The maximum absolute atomic E-state index is 12.7. The quantitative estimate of drug-likeness (QED) is 0.728. The molecule has 104 valence electrons. The predicted octanol–water partition coefficient (Wildman–Crippen LogP) is 1.77. The van der Waals surface area contributed by atoms with Crippen molar-refractivity contribution in [2.24, 2.45) is 0 Å². The van der Waals surface area contributed by atoms with Crippen LogP contribution in [0.1, 0.15) is 13.0 Å². The Balaban J connectivity index is 2.38. The first kappa shape index (κ1) is 12.9. The third-order valence-electron chi connectivity index (χ3n) is 3.51.